The zero-order valence-electron chi connectivity index (χ0n) is 14.2. The molecule has 148 valence electrons. The van der Waals surface area contributed by atoms with Gasteiger partial charge in [0.2, 0.25) is 0 Å². The lowest BCUT2D eigenvalue weighted by atomic mass is 10.1. The van der Waals surface area contributed by atoms with Crippen LogP contribution < -0.4 is 9.46 Å². The van der Waals surface area contributed by atoms with Gasteiger partial charge in [0.1, 0.15) is 0 Å². The maximum absolute atomic E-state index is 13.9. The van der Waals surface area contributed by atoms with E-state index in [0.29, 0.717) is 6.07 Å². The molecule has 0 bridgehead atoms. The highest BCUT2D eigenvalue weighted by atomic mass is 32.2. The molecule has 0 aromatic heterocycles. The molecule has 10 heteroatoms. The average molecular weight is 399 g/mol. The van der Waals surface area contributed by atoms with Crippen molar-refractivity contribution in [1.29, 1.82) is 0 Å². The van der Waals surface area contributed by atoms with Gasteiger partial charge in [0.25, 0.3) is 5.91 Å². The second kappa shape index (κ2) is 9.75. The number of amides is 1. The Bertz CT molecular complexity index is 705. The van der Waals surface area contributed by atoms with E-state index < -0.39 is 32.8 Å². The number of unbranched alkanes of at least 4 members (excludes halogenated alkanes) is 5. The molecule has 0 spiro atoms. The molecule has 0 unspecified atom stereocenters. The minimum absolute atomic E-state index is 0.159. The SMILES string of the molecule is CCCCCCCCOc1ccc(C(=O)NS(=O)(=O)C(F)(F)F)cc1F. The second-order valence-corrected chi connectivity index (χ2v) is 7.32. The lowest BCUT2D eigenvalue weighted by Gasteiger charge is -2.11. The Morgan fingerprint density at radius 3 is 2.31 bits per heavy atom. The van der Waals surface area contributed by atoms with E-state index in [9.17, 15) is 30.8 Å². The van der Waals surface area contributed by atoms with Gasteiger partial charge < -0.3 is 4.74 Å². The summed E-state index contributed by atoms with van der Waals surface area (Å²) in [6.45, 7) is 2.37. The van der Waals surface area contributed by atoms with E-state index in [4.69, 9.17) is 4.74 Å². The van der Waals surface area contributed by atoms with Crippen LogP contribution >= 0.6 is 0 Å². The van der Waals surface area contributed by atoms with Crippen LogP contribution in [-0.2, 0) is 10.0 Å². The first-order chi connectivity index (χ1) is 12.1. The van der Waals surface area contributed by atoms with Gasteiger partial charge in [-0.15, -0.1) is 0 Å². The summed E-state index contributed by atoms with van der Waals surface area (Å²) < 4.78 is 78.4. The minimum atomic E-state index is -5.85. The number of benzene rings is 1. The fraction of sp³-hybridized carbons (Fsp3) is 0.562. The quantitative estimate of drug-likeness (QED) is 0.474. The fourth-order valence-corrected chi connectivity index (χ4v) is 2.54. The fourth-order valence-electron chi connectivity index (χ4n) is 2.06. The van der Waals surface area contributed by atoms with Crippen molar-refractivity contribution in [2.75, 3.05) is 6.61 Å². The summed E-state index contributed by atoms with van der Waals surface area (Å²) >= 11 is 0. The van der Waals surface area contributed by atoms with Crippen molar-refractivity contribution in [3.8, 4) is 5.75 Å². The van der Waals surface area contributed by atoms with Crippen LogP contribution in [0.15, 0.2) is 18.2 Å². The van der Waals surface area contributed by atoms with Crippen LogP contribution in [0.1, 0.15) is 55.8 Å². The number of hydrogen-bond acceptors (Lipinski definition) is 4. The molecule has 0 aliphatic carbocycles. The van der Waals surface area contributed by atoms with E-state index in [0.717, 1.165) is 55.4 Å². The predicted octanol–water partition coefficient (Wildman–Crippen LogP) is 4.14. The molecule has 0 atom stereocenters. The summed E-state index contributed by atoms with van der Waals surface area (Å²) in [5, 5.41) is 0. The highest BCUT2D eigenvalue weighted by Gasteiger charge is 2.47. The number of hydrogen-bond donors (Lipinski definition) is 1. The molecule has 0 aliphatic heterocycles. The molecule has 1 amide bonds. The minimum Gasteiger partial charge on any atom is -0.491 e. The second-order valence-electron chi connectivity index (χ2n) is 5.64. The topological polar surface area (TPSA) is 72.5 Å². The number of nitrogens with one attached hydrogen (secondary N) is 1. The van der Waals surface area contributed by atoms with Crippen LogP contribution in [0.25, 0.3) is 0 Å². The largest absolute Gasteiger partial charge is 0.516 e. The van der Waals surface area contributed by atoms with Gasteiger partial charge in [-0.3, -0.25) is 4.79 Å². The van der Waals surface area contributed by atoms with Crippen LogP contribution in [0.2, 0.25) is 0 Å². The molecule has 26 heavy (non-hydrogen) atoms. The van der Waals surface area contributed by atoms with Crippen molar-refractivity contribution >= 4 is 15.9 Å². The van der Waals surface area contributed by atoms with Crippen molar-refractivity contribution < 1.29 is 35.5 Å². The monoisotopic (exact) mass is 399 g/mol. The number of carbonyl (C=O) groups is 1. The first kappa shape index (κ1) is 22.2. The van der Waals surface area contributed by atoms with Crippen LogP contribution in [0, 0.1) is 5.82 Å². The Morgan fingerprint density at radius 2 is 1.73 bits per heavy atom. The molecule has 0 aliphatic rings. The normalized spacial score (nSPS) is 12.0. The van der Waals surface area contributed by atoms with Gasteiger partial charge in [0.05, 0.1) is 6.61 Å². The van der Waals surface area contributed by atoms with Crippen molar-refractivity contribution in [2.24, 2.45) is 0 Å². The molecule has 1 rings (SSSR count). The Balaban J connectivity index is 2.57. The number of rotatable bonds is 10. The highest BCUT2D eigenvalue weighted by molar-refractivity contribution is 7.90. The summed E-state index contributed by atoms with van der Waals surface area (Å²) in [6.07, 6.45) is 6.10. The average Bonchev–Trinajstić information content (AvgIpc) is 2.53. The Kier molecular flexibility index (Phi) is 8.32. The van der Waals surface area contributed by atoms with E-state index >= 15 is 0 Å². The molecule has 0 fully saturated rings. The van der Waals surface area contributed by atoms with Crippen molar-refractivity contribution in [2.45, 2.75) is 51.0 Å². The third-order valence-corrected chi connectivity index (χ3v) is 4.54. The van der Waals surface area contributed by atoms with Crippen molar-refractivity contribution in [3.63, 3.8) is 0 Å². The van der Waals surface area contributed by atoms with Gasteiger partial charge in [0, 0.05) is 5.56 Å². The number of carbonyl (C=O) groups excluding carboxylic acids is 1. The van der Waals surface area contributed by atoms with Gasteiger partial charge in [-0.2, -0.15) is 21.6 Å². The third kappa shape index (κ3) is 6.81. The summed E-state index contributed by atoms with van der Waals surface area (Å²) in [5.74, 6) is -2.70. The molecular formula is C16H21F4NO4S. The molecule has 5 nitrogen and oxygen atoms in total. The van der Waals surface area contributed by atoms with Crippen LogP contribution in [0.3, 0.4) is 0 Å². The molecule has 0 radical (unpaired) electrons. The van der Waals surface area contributed by atoms with Crippen LogP contribution in [0.5, 0.6) is 5.75 Å². The number of ether oxygens (including phenoxy) is 1. The first-order valence-electron chi connectivity index (χ1n) is 8.14. The first-order valence-corrected chi connectivity index (χ1v) is 9.62. The van der Waals surface area contributed by atoms with Gasteiger partial charge in [0.15, 0.2) is 11.6 Å². The molecule has 0 heterocycles. The smallest absolute Gasteiger partial charge is 0.491 e. The van der Waals surface area contributed by atoms with Crippen molar-refractivity contribution in [3.05, 3.63) is 29.6 Å². The number of sulfonamides is 1. The lowest BCUT2D eigenvalue weighted by Crippen LogP contribution is -2.40. The van der Waals surface area contributed by atoms with E-state index in [1.165, 1.54) is 0 Å². The molecule has 1 aromatic carbocycles. The molecule has 1 N–H and O–H groups in total. The summed E-state index contributed by atoms with van der Waals surface area (Å²) in [4.78, 5) is 11.6. The zero-order valence-corrected chi connectivity index (χ0v) is 15.1. The Hall–Kier alpha value is -1.84. The van der Waals surface area contributed by atoms with Gasteiger partial charge in [-0.05, 0) is 24.6 Å². The van der Waals surface area contributed by atoms with E-state index in [1.807, 2.05) is 0 Å². The van der Waals surface area contributed by atoms with E-state index in [2.05, 4.69) is 6.92 Å². The number of halogens is 4. The zero-order chi connectivity index (χ0) is 19.8. The molecule has 0 saturated heterocycles. The standard InChI is InChI=1S/C16H21F4NO4S/c1-2-3-4-5-6-7-10-25-14-9-8-12(11-13(14)17)15(22)21-26(23,24)16(18,19)20/h8-9,11H,2-7,10H2,1H3,(H,21,22). The van der Waals surface area contributed by atoms with Gasteiger partial charge in [-0.1, -0.05) is 39.0 Å². The van der Waals surface area contributed by atoms with Gasteiger partial charge >= 0.3 is 15.5 Å². The number of alkyl halides is 3. The Morgan fingerprint density at radius 1 is 1.12 bits per heavy atom. The highest BCUT2D eigenvalue weighted by Crippen LogP contribution is 2.23. The van der Waals surface area contributed by atoms with Crippen LogP contribution in [0.4, 0.5) is 17.6 Å². The van der Waals surface area contributed by atoms with Gasteiger partial charge in [-0.25, -0.2) is 9.11 Å². The Labute approximate surface area is 149 Å². The maximum Gasteiger partial charge on any atom is 0.516 e. The van der Waals surface area contributed by atoms with E-state index in [1.54, 1.807) is 0 Å². The van der Waals surface area contributed by atoms with Crippen LogP contribution in [-0.4, -0.2) is 26.4 Å². The van der Waals surface area contributed by atoms with E-state index in [-0.39, 0.29) is 12.4 Å². The van der Waals surface area contributed by atoms with Crippen molar-refractivity contribution in [1.82, 2.24) is 4.72 Å². The molecule has 0 saturated carbocycles. The summed E-state index contributed by atoms with van der Waals surface area (Å²) in [6, 6.07) is 2.68. The third-order valence-electron chi connectivity index (χ3n) is 3.48. The maximum atomic E-state index is 13.9. The summed E-state index contributed by atoms with van der Waals surface area (Å²) in [5.41, 5.74) is -6.20. The predicted molar refractivity (Wildman–Crippen MR) is 87.7 cm³/mol. The lowest BCUT2D eigenvalue weighted by molar-refractivity contribution is -0.0446. The molecule has 1 aromatic rings. The summed E-state index contributed by atoms with van der Waals surface area (Å²) in [7, 11) is -5.85. The molecular weight excluding hydrogens is 378 g/mol.